The zero-order valence-electron chi connectivity index (χ0n) is 20.1. The Morgan fingerprint density at radius 2 is 1.84 bits per heavy atom. The van der Waals surface area contributed by atoms with E-state index < -0.39 is 0 Å². The van der Waals surface area contributed by atoms with Crippen molar-refractivity contribution in [2.75, 3.05) is 19.9 Å². The molecule has 32 heavy (non-hydrogen) atoms. The number of aliphatic hydroxyl groups is 1. The van der Waals surface area contributed by atoms with Crippen LogP contribution in [0.2, 0.25) is 0 Å². The van der Waals surface area contributed by atoms with E-state index in [-0.39, 0.29) is 11.8 Å². The number of benzene rings is 1. The normalized spacial score (nSPS) is 10.8. The highest BCUT2D eigenvalue weighted by atomic mass is 32.2. The molecular formula is C26H39NO2S3. The Kier molecular flexibility index (Phi) is 22.8. The van der Waals surface area contributed by atoms with E-state index in [1.807, 2.05) is 6.07 Å². The number of carbonyl (C=O) groups excluding carboxylic acids is 1. The van der Waals surface area contributed by atoms with Crippen molar-refractivity contribution in [3.8, 4) is 0 Å². The van der Waals surface area contributed by atoms with Crippen LogP contribution in [-0.4, -0.2) is 47.2 Å². The summed E-state index contributed by atoms with van der Waals surface area (Å²) < 4.78 is 0. The molecule has 0 amide bonds. The van der Waals surface area contributed by atoms with Gasteiger partial charge < -0.3 is 14.8 Å². The lowest BCUT2D eigenvalue weighted by Crippen LogP contribution is -2.33. The van der Waals surface area contributed by atoms with Crippen molar-refractivity contribution in [2.45, 2.75) is 46.1 Å². The van der Waals surface area contributed by atoms with Gasteiger partial charge in [0, 0.05) is 29.9 Å². The second-order valence-corrected chi connectivity index (χ2v) is 8.50. The van der Waals surface area contributed by atoms with Gasteiger partial charge in [-0.3, -0.25) is 0 Å². The van der Waals surface area contributed by atoms with Crippen LogP contribution < -0.4 is 0 Å². The molecule has 1 unspecified atom stereocenters. The summed E-state index contributed by atoms with van der Waals surface area (Å²) in [5, 5.41) is 9.08. The minimum Gasteiger partial charge on any atom is -0.400 e. The van der Waals surface area contributed by atoms with Crippen molar-refractivity contribution >= 4 is 52.7 Å². The quantitative estimate of drug-likeness (QED) is 0.282. The molecule has 6 heteroatoms. The highest BCUT2D eigenvalue weighted by Crippen LogP contribution is 2.25. The van der Waals surface area contributed by atoms with E-state index >= 15 is 0 Å². The van der Waals surface area contributed by atoms with Crippen LogP contribution in [0.1, 0.15) is 44.1 Å². The summed E-state index contributed by atoms with van der Waals surface area (Å²) >= 11 is 8.61. The molecule has 0 bridgehead atoms. The second-order valence-electron chi connectivity index (χ2n) is 6.43. The first kappa shape index (κ1) is 32.4. The highest BCUT2D eigenvalue weighted by Gasteiger charge is 2.15. The number of carbonyl (C=O) groups is 1. The third-order valence-electron chi connectivity index (χ3n) is 4.30. The first-order chi connectivity index (χ1) is 15.5. The average Bonchev–Trinajstić information content (AvgIpc) is 3.36. The zero-order valence-corrected chi connectivity index (χ0v) is 22.6. The number of aryl methyl sites for hydroxylation is 1. The van der Waals surface area contributed by atoms with E-state index in [9.17, 15) is 4.79 Å². The van der Waals surface area contributed by atoms with Gasteiger partial charge in [-0.1, -0.05) is 55.5 Å². The topological polar surface area (TPSA) is 40.5 Å². The Hall–Kier alpha value is -1.73. The van der Waals surface area contributed by atoms with Crippen molar-refractivity contribution < 1.29 is 9.90 Å². The Morgan fingerprint density at radius 1 is 1.22 bits per heavy atom. The number of thioether (sulfide) groups is 1. The van der Waals surface area contributed by atoms with E-state index in [0.717, 1.165) is 26.5 Å². The Labute approximate surface area is 209 Å². The molecule has 1 N–H and O–H groups in total. The van der Waals surface area contributed by atoms with Gasteiger partial charge in [0.05, 0.1) is 11.5 Å². The van der Waals surface area contributed by atoms with Crippen LogP contribution in [0, 0.1) is 0 Å². The van der Waals surface area contributed by atoms with E-state index in [4.69, 9.17) is 17.3 Å². The monoisotopic (exact) mass is 493 g/mol. The Morgan fingerprint density at radius 3 is 2.25 bits per heavy atom. The molecule has 178 valence electrons. The number of rotatable bonds is 10. The smallest absolute Gasteiger partial charge is 0.129 e. The first-order valence-electron chi connectivity index (χ1n) is 10.5. The van der Waals surface area contributed by atoms with Gasteiger partial charge in [0.25, 0.3) is 0 Å². The number of thiophene rings is 1. The van der Waals surface area contributed by atoms with Crippen LogP contribution in [0.3, 0.4) is 0 Å². The van der Waals surface area contributed by atoms with Crippen molar-refractivity contribution in [2.24, 2.45) is 0 Å². The molecule has 1 atom stereocenters. The molecule has 1 heterocycles. The number of thiocarbonyl (C=S) groups is 1. The largest absolute Gasteiger partial charge is 0.400 e. The minimum atomic E-state index is 0.237. The molecule has 0 aliphatic carbocycles. The maximum absolute atomic E-state index is 11.0. The van der Waals surface area contributed by atoms with Gasteiger partial charge in [-0.2, -0.15) is 0 Å². The Balaban J connectivity index is 0. The molecule has 0 fully saturated rings. The van der Waals surface area contributed by atoms with Crippen LogP contribution in [0.25, 0.3) is 6.08 Å². The van der Waals surface area contributed by atoms with Crippen molar-refractivity contribution in [3.63, 3.8) is 0 Å². The van der Waals surface area contributed by atoms with Crippen LogP contribution in [-0.2, 0) is 11.2 Å². The number of nitrogens with zero attached hydrogens (tertiary/aromatic N) is 1. The van der Waals surface area contributed by atoms with Gasteiger partial charge in [-0.15, -0.1) is 36.3 Å². The molecule has 0 radical (unpaired) electrons. The predicted molar refractivity (Wildman–Crippen MR) is 151 cm³/mol. The van der Waals surface area contributed by atoms with Crippen LogP contribution in [0.15, 0.2) is 65.9 Å². The Bertz CT molecular complexity index is 731. The lowest BCUT2D eigenvalue weighted by molar-refractivity contribution is -0.117. The summed E-state index contributed by atoms with van der Waals surface area (Å²) in [6, 6.07) is 14.9. The van der Waals surface area contributed by atoms with E-state index in [1.54, 1.807) is 35.5 Å². The third kappa shape index (κ3) is 15.1. The fraction of sp³-hybridized carbons (Fsp3) is 0.385. The lowest BCUT2D eigenvalue weighted by Gasteiger charge is -2.28. The van der Waals surface area contributed by atoms with Gasteiger partial charge in [0.2, 0.25) is 0 Å². The number of hydrogen-bond donors (Lipinski definition) is 1. The van der Waals surface area contributed by atoms with Gasteiger partial charge in [0.15, 0.2) is 0 Å². The second kappa shape index (κ2) is 22.5. The van der Waals surface area contributed by atoms with Gasteiger partial charge in [0.1, 0.15) is 5.78 Å². The predicted octanol–water partition coefficient (Wildman–Crippen LogP) is 7.13. The fourth-order valence-corrected chi connectivity index (χ4v) is 4.34. The van der Waals surface area contributed by atoms with Crippen molar-refractivity contribution in [3.05, 3.63) is 76.3 Å². The van der Waals surface area contributed by atoms with Gasteiger partial charge in [-0.05, 0) is 56.0 Å². The average molecular weight is 494 g/mol. The first-order valence-corrected chi connectivity index (χ1v) is 13.1. The molecule has 2 aromatic rings. The lowest BCUT2D eigenvalue weighted by atomic mass is 10.2. The molecule has 0 aliphatic heterocycles. The van der Waals surface area contributed by atoms with Crippen LogP contribution in [0.4, 0.5) is 0 Å². The van der Waals surface area contributed by atoms with Crippen LogP contribution >= 0.6 is 35.3 Å². The molecule has 3 nitrogen and oxygen atoms in total. The van der Waals surface area contributed by atoms with E-state index in [1.165, 1.54) is 15.3 Å². The molecule has 0 aliphatic rings. The number of ketones is 1. The highest BCUT2D eigenvalue weighted by molar-refractivity contribution is 8.02. The van der Waals surface area contributed by atoms with Crippen LogP contribution in [0.5, 0.6) is 0 Å². The summed E-state index contributed by atoms with van der Waals surface area (Å²) in [5.74, 6) is 0.237. The summed E-state index contributed by atoms with van der Waals surface area (Å²) in [7, 11) is 1.00. The molecule has 0 saturated carbocycles. The maximum Gasteiger partial charge on any atom is 0.129 e. The van der Waals surface area contributed by atoms with Crippen molar-refractivity contribution in [1.82, 2.24) is 4.90 Å². The summed E-state index contributed by atoms with van der Waals surface area (Å²) in [6.07, 6.45) is 6.92. The molecule has 0 spiro atoms. The summed E-state index contributed by atoms with van der Waals surface area (Å²) in [4.78, 5) is 15.7. The number of Topliss-reactive ketones (excluding diaryl/α,β-unsaturated/α-hetero) is 1. The molecule has 1 aromatic carbocycles. The number of hydrogen-bond acceptors (Lipinski definition) is 5. The standard InChI is InChI=1S/C15H21NOS3.C8H10.C2H4.CH4O/c1-12(17)6-4-8-16(11-18)13(2)15(19-3)10-14-7-5-9-20-14;1-2-8-6-4-3-5-7-8;2*1-2/h5,7,9-11,13H,4,6,8H2,1-3H3;3-7H,2H2,1H3;1-2H2;2H,1H3/b15-10-;;;. The third-order valence-corrected chi connectivity index (χ3v) is 6.32. The van der Waals surface area contributed by atoms with E-state index in [2.05, 4.69) is 86.0 Å². The molecule has 2 rings (SSSR count). The van der Waals surface area contributed by atoms with E-state index in [0.29, 0.717) is 6.42 Å². The van der Waals surface area contributed by atoms with Gasteiger partial charge >= 0.3 is 0 Å². The van der Waals surface area contributed by atoms with Gasteiger partial charge in [-0.25, -0.2) is 0 Å². The molecule has 1 aromatic heterocycles. The molecular weight excluding hydrogens is 454 g/mol. The fourth-order valence-electron chi connectivity index (χ4n) is 2.59. The summed E-state index contributed by atoms with van der Waals surface area (Å²) in [6.45, 7) is 12.8. The minimum absolute atomic E-state index is 0.237. The SMILES string of the molecule is C=C.CCc1ccccc1.CO.CS/C(=C\c1cccs1)C(C)N(C=S)CCCC(C)=O. The molecule has 0 saturated heterocycles. The van der Waals surface area contributed by atoms with Crippen molar-refractivity contribution in [1.29, 1.82) is 0 Å². The summed E-state index contributed by atoms with van der Waals surface area (Å²) in [5.41, 5.74) is 3.12. The maximum atomic E-state index is 11.0. The zero-order chi connectivity index (χ0) is 24.8. The number of aliphatic hydroxyl groups excluding tert-OH is 1.